The molecule has 0 saturated carbocycles. The normalized spacial score (nSPS) is 13.3. The van der Waals surface area contributed by atoms with Gasteiger partial charge in [-0.25, -0.2) is 4.79 Å². The smallest absolute Gasteiger partial charge is 0.331 e. The number of carbonyl (C=O) groups excluding carboxylic acids is 2. The first-order chi connectivity index (χ1) is 11.8. The Hall–Kier alpha value is -2.08. The van der Waals surface area contributed by atoms with Crippen LogP contribution in [0.15, 0.2) is 23.6 Å². The van der Waals surface area contributed by atoms with Crippen LogP contribution in [0.25, 0.3) is 0 Å². The molecule has 2 heterocycles. The van der Waals surface area contributed by atoms with E-state index >= 15 is 0 Å². The van der Waals surface area contributed by atoms with Gasteiger partial charge in [-0.15, -0.1) is 11.3 Å². The number of nitrogens with one attached hydrogen (secondary N) is 1. The maximum atomic E-state index is 12.8. The van der Waals surface area contributed by atoms with Crippen molar-refractivity contribution in [3.8, 4) is 0 Å². The summed E-state index contributed by atoms with van der Waals surface area (Å²) in [6, 6.07) is 5.98. The quantitative estimate of drug-likeness (QED) is 0.765. The third kappa shape index (κ3) is 4.12. The van der Waals surface area contributed by atoms with E-state index in [9.17, 15) is 9.59 Å². The molecule has 0 bridgehead atoms. The third-order valence-electron chi connectivity index (χ3n) is 4.49. The molecular weight excluding hydrogens is 336 g/mol. The highest BCUT2D eigenvalue weighted by Crippen LogP contribution is 2.21. The zero-order chi connectivity index (χ0) is 18.6. The molecule has 1 N–H and O–H groups in total. The van der Waals surface area contributed by atoms with Gasteiger partial charge in [0.25, 0.3) is 5.91 Å². The molecule has 0 saturated heterocycles. The van der Waals surface area contributed by atoms with Gasteiger partial charge in [0.1, 0.15) is 5.54 Å². The molecule has 1 atom stereocenters. The molecule has 6 heteroatoms. The van der Waals surface area contributed by atoms with Crippen molar-refractivity contribution in [1.82, 2.24) is 9.88 Å². The number of hydrogen-bond acceptors (Lipinski definition) is 4. The molecule has 1 unspecified atom stereocenters. The summed E-state index contributed by atoms with van der Waals surface area (Å²) in [4.78, 5) is 26.2. The van der Waals surface area contributed by atoms with Crippen molar-refractivity contribution in [1.29, 1.82) is 0 Å². The Balaban J connectivity index is 2.26. The van der Waals surface area contributed by atoms with Gasteiger partial charge in [-0.2, -0.15) is 0 Å². The lowest BCUT2D eigenvalue weighted by Gasteiger charge is -2.27. The molecule has 2 rings (SSSR count). The van der Waals surface area contributed by atoms with Crippen LogP contribution in [0.1, 0.15) is 53.3 Å². The Labute approximate surface area is 153 Å². The SMILES string of the molecule is CCCC(C)(NC(=O)c1cc(C)n(Cc2cccs2)c1C)C(=O)OC. The number of methoxy groups -OCH3 is 1. The number of rotatable bonds is 7. The minimum atomic E-state index is -1.02. The van der Waals surface area contributed by atoms with Gasteiger partial charge >= 0.3 is 5.97 Å². The van der Waals surface area contributed by atoms with Gasteiger partial charge in [0.2, 0.25) is 0 Å². The second-order valence-electron chi connectivity index (χ2n) is 6.48. The lowest BCUT2D eigenvalue weighted by Crippen LogP contribution is -2.52. The van der Waals surface area contributed by atoms with Gasteiger partial charge in [-0.3, -0.25) is 4.79 Å². The maximum Gasteiger partial charge on any atom is 0.331 e. The lowest BCUT2D eigenvalue weighted by atomic mass is 9.95. The Morgan fingerprint density at radius 2 is 2.08 bits per heavy atom. The van der Waals surface area contributed by atoms with Gasteiger partial charge in [-0.05, 0) is 44.7 Å². The Bertz CT molecular complexity index is 749. The fourth-order valence-corrected chi connectivity index (χ4v) is 3.78. The first kappa shape index (κ1) is 19.2. The Morgan fingerprint density at radius 3 is 2.64 bits per heavy atom. The maximum absolute atomic E-state index is 12.8. The molecule has 0 aliphatic carbocycles. The zero-order valence-corrected chi connectivity index (χ0v) is 16.3. The lowest BCUT2D eigenvalue weighted by molar-refractivity contribution is -0.147. The number of ether oxygens (including phenoxy) is 1. The number of nitrogens with zero attached hydrogens (tertiary/aromatic N) is 1. The van der Waals surface area contributed by atoms with Crippen LogP contribution >= 0.6 is 11.3 Å². The van der Waals surface area contributed by atoms with Gasteiger partial charge in [0.05, 0.1) is 19.2 Å². The van der Waals surface area contributed by atoms with E-state index in [1.165, 1.54) is 12.0 Å². The molecular formula is C19H26N2O3S. The summed E-state index contributed by atoms with van der Waals surface area (Å²) in [6.45, 7) is 8.35. The minimum absolute atomic E-state index is 0.244. The van der Waals surface area contributed by atoms with Crippen LogP contribution in [-0.4, -0.2) is 29.1 Å². The number of carbonyl (C=O) groups is 2. The molecule has 0 spiro atoms. The van der Waals surface area contributed by atoms with E-state index in [4.69, 9.17) is 4.74 Å². The third-order valence-corrected chi connectivity index (χ3v) is 5.35. The number of esters is 1. The van der Waals surface area contributed by atoms with E-state index in [-0.39, 0.29) is 5.91 Å². The van der Waals surface area contributed by atoms with E-state index in [2.05, 4.69) is 16.0 Å². The first-order valence-electron chi connectivity index (χ1n) is 8.42. The number of aryl methyl sites for hydroxylation is 1. The van der Waals surface area contributed by atoms with Gasteiger partial charge in [0.15, 0.2) is 0 Å². The van der Waals surface area contributed by atoms with Crippen LogP contribution in [0.5, 0.6) is 0 Å². The molecule has 25 heavy (non-hydrogen) atoms. The van der Waals surface area contributed by atoms with Crippen molar-refractivity contribution in [3.05, 3.63) is 45.4 Å². The summed E-state index contributed by atoms with van der Waals surface area (Å²) < 4.78 is 7.00. The minimum Gasteiger partial charge on any atom is -0.467 e. The summed E-state index contributed by atoms with van der Waals surface area (Å²) in [5, 5.41) is 4.92. The average molecular weight is 362 g/mol. The van der Waals surface area contributed by atoms with Crippen LogP contribution in [0, 0.1) is 13.8 Å². The van der Waals surface area contributed by atoms with Crippen molar-refractivity contribution < 1.29 is 14.3 Å². The number of amides is 1. The molecule has 136 valence electrons. The van der Waals surface area contributed by atoms with E-state index < -0.39 is 11.5 Å². The highest BCUT2D eigenvalue weighted by atomic mass is 32.1. The molecule has 0 aromatic carbocycles. The monoisotopic (exact) mass is 362 g/mol. The summed E-state index contributed by atoms with van der Waals surface area (Å²) in [5.41, 5.74) is 1.50. The summed E-state index contributed by atoms with van der Waals surface area (Å²) in [5.74, 6) is -0.665. The zero-order valence-electron chi connectivity index (χ0n) is 15.5. The van der Waals surface area contributed by atoms with Crippen molar-refractivity contribution >= 4 is 23.2 Å². The largest absolute Gasteiger partial charge is 0.467 e. The van der Waals surface area contributed by atoms with E-state index in [1.807, 2.05) is 38.3 Å². The molecule has 2 aromatic heterocycles. The van der Waals surface area contributed by atoms with Crippen LogP contribution in [-0.2, 0) is 16.1 Å². The predicted molar refractivity (Wildman–Crippen MR) is 100 cm³/mol. The van der Waals surface area contributed by atoms with Crippen LogP contribution in [0.2, 0.25) is 0 Å². The van der Waals surface area contributed by atoms with Crippen LogP contribution in [0.4, 0.5) is 0 Å². The Morgan fingerprint density at radius 1 is 1.36 bits per heavy atom. The fourth-order valence-electron chi connectivity index (χ4n) is 3.09. The van der Waals surface area contributed by atoms with Crippen molar-refractivity contribution in [2.75, 3.05) is 7.11 Å². The molecule has 0 aliphatic rings. The van der Waals surface area contributed by atoms with Crippen molar-refractivity contribution in [2.24, 2.45) is 0 Å². The van der Waals surface area contributed by atoms with E-state index in [1.54, 1.807) is 18.3 Å². The number of hydrogen-bond donors (Lipinski definition) is 1. The molecule has 5 nitrogen and oxygen atoms in total. The van der Waals surface area contributed by atoms with Gasteiger partial charge in [-0.1, -0.05) is 19.4 Å². The summed E-state index contributed by atoms with van der Waals surface area (Å²) >= 11 is 1.69. The standard InChI is InChI=1S/C19H26N2O3S/c1-6-9-19(4,18(23)24-5)20-17(22)16-11-13(2)21(14(16)3)12-15-8-7-10-25-15/h7-8,10-11H,6,9,12H2,1-5H3,(H,20,22). The van der Waals surface area contributed by atoms with E-state index in [0.29, 0.717) is 12.0 Å². The number of aromatic nitrogens is 1. The summed E-state index contributed by atoms with van der Waals surface area (Å²) in [6.07, 6.45) is 1.29. The molecule has 0 aliphatic heterocycles. The molecule has 1 amide bonds. The number of thiophene rings is 1. The van der Waals surface area contributed by atoms with E-state index in [0.717, 1.165) is 24.4 Å². The second kappa shape index (κ2) is 7.87. The fraction of sp³-hybridized carbons (Fsp3) is 0.474. The van der Waals surface area contributed by atoms with Crippen molar-refractivity contribution in [3.63, 3.8) is 0 Å². The van der Waals surface area contributed by atoms with Gasteiger partial charge < -0.3 is 14.6 Å². The predicted octanol–water partition coefficient (Wildman–Crippen LogP) is 3.68. The Kier molecular flexibility index (Phi) is 6.06. The molecule has 2 aromatic rings. The average Bonchev–Trinajstić information content (AvgIpc) is 3.17. The summed E-state index contributed by atoms with van der Waals surface area (Å²) in [7, 11) is 1.34. The van der Waals surface area contributed by atoms with Crippen LogP contribution < -0.4 is 5.32 Å². The topological polar surface area (TPSA) is 60.3 Å². The van der Waals surface area contributed by atoms with Crippen LogP contribution in [0.3, 0.4) is 0 Å². The highest BCUT2D eigenvalue weighted by Gasteiger charge is 2.36. The second-order valence-corrected chi connectivity index (χ2v) is 7.51. The van der Waals surface area contributed by atoms with Gasteiger partial charge in [0, 0.05) is 16.3 Å². The van der Waals surface area contributed by atoms with Crippen molar-refractivity contribution in [2.45, 2.75) is 52.6 Å². The first-order valence-corrected chi connectivity index (χ1v) is 9.30. The molecule has 0 radical (unpaired) electrons. The molecule has 0 fully saturated rings. The highest BCUT2D eigenvalue weighted by molar-refractivity contribution is 7.09.